The van der Waals surface area contributed by atoms with E-state index in [2.05, 4.69) is 6.92 Å². The number of hydrogen-bond acceptors (Lipinski definition) is 3. The summed E-state index contributed by atoms with van der Waals surface area (Å²) in [7, 11) is 0. The molecule has 2 aliphatic carbocycles. The molecule has 0 bridgehead atoms. The van der Waals surface area contributed by atoms with Crippen LogP contribution in [0.5, 0.6) is 0 Å². The van der Waals surface area contributed by atoms with Gasteiger partial charge in [-0.2, -0.15) is 0 Å². The third-order valence-corrected chi connectivity index (χ3v) is 5.53. The van der Waals surface area contributed by atoms with Gasteiger partial charge in [0.05, 0.1) is 0 Å². The van der Waals surface area contributed by atoms with E-state index in [1.165, 1.54) is 6.42 Å². The second kappa shape index (κ2) is 3.38. The maximum atomic E-state index is 11.9. The van der Waals surface area contributed by atoms with Crippen LogP contribution in [-0.2, 0) is 9.53 Å². The van der Waals surface area contributed by atoms with Gasteiger partial charge >= 0.3 is 5.97 Å². The van der Waals surface area contributed by atoms with Crippen LogP contribution in [-0.4, -0.2) is 16.9 Å². The lowest BCUT2D eigenvalue weighted by molar-refractivity contribution is -0.238. The van der Waals surface area contributed by atoms with Crippen LogP contribution in [0.25, 0.3) is 0 Å². The van der Waals surface area contributed by atoms with Gasteiger partial charge in [-0.15, -0.1) is 0 Å². The molecular formula is C15H22O3. The second-order valence-corrected chi connectivity index (χ2v) is 6.99. The van der Waals surface area contributed by atoms with Gasteiger partial charge in [-0.25, -0.2) is 4.79 Å². The molecule has 0 aromatic rings. The minimum atomic E-state index is -1.36. The predicted octanol–water partition coefficient (Wildman–Crippen LogP) is 2.64. The van der Waals surface area contributed by atoms with E-state index in [-0.39, 0.29) is 5.97 Å². The molecule has 3 aliphatic rings. The van der Waals surface area contributed by atoms with Crippen LogP contribution in [0.4, 0.5) is 0 Å². The fourth-order valence-corrected chi connectivity index (χ4v) is 4.36. The first kappa shape index (κ1) is 12.2. The van der Waals surface area contributed by atoms with Crippen LogP contribution in [0, 0.1) is 23.2 Å². The highest BCUT2D eigenvalue weighted by atomic mass is 16.7. The number of hydrogen-bond donors (Lipinski definition) is 1. The molecule has 0 amide bonds. The summed E-state index contributed by atoms with van der Waals surface area (Å²) in [6.45, 7) is 8.12. The first-order valence-corrected chi connectivity index (χ1v) is 6.95. The lowest BCUT2D eigenvalue weighted by atomic mass is 9.60. The smallest absolute Gasteiger partial charge is 0.336 e. The SMILES string of the molecule is CC1=C2[C@H]3CC[C@H](C)[C@@H]3CC(C)(C)[C@@]2(O)OC1=O. The van der Waals surface area contributed by atoms with Crippen molar-refractivity contribution in [3.63, 3.8) is 0 Å². The second-order valence-electron chi connectivity index (χ2n) is 6.99. The number of carbonyl (C=O) groups is 1. The summed E-state index contributed by atoms with van der Waals surface area (Å²) in [6, 6.07) is 0. The molecule has 0 saturated heterocycles. The fourth-order valence-electron chi connectivity index (χ4n) is 4.36. The van der Waals surface area contributed by atoms with E-state index < -0.39 is 11.2 Å². The van der Waals surface area contributed by atoms with Gasteiger partial charge in [0, 0.05) is 16.6 Å². The molecule has 0 spiro atoms. The quantitative estimate of drug-likeness (QED) is 0.672. The number of ether oxygens (including phenoxy) is 1. The summed E-state index contributed by atoms with van der Waals surface area (Å²) in [4.78, 5) is 11.9. The van der Waals surface area contributed by atoms with Crippen LogP contribution in [0.3, 0.4) is 0 Å². The van der Waals surface area contributed by atoms with Gasteiger partial charge in [-0.1, -0.05) is 20.8 Å². The van der Waals surface area contributed by atoms with Crippen molar-refractivity contribution in [1.29, 1.82) is 0 Å². The van der Waals surface area contributed by atoms with Crippen LogP contribution in [0.1, 0.15) is 47.0 Å². The zero-order valence-corrected chi connectivity index (χ0v) is 11.6. The largest absolute Gasteiger partial charge is 0.425 e. The van der Waals surface area contributed by atoms with Gasteiger partial charge < -0.3 is 9.84 Å². The topological polar surface area (TPSA) is 46.5 Å². The van der Waals surface area contributed by atoms with E-state index in [9.17, 15) is 9.90 Å². The Morgan fingerprint density at radius 1 is 1.33 bits per heavy atom. The third-order valence-electron chi connectivity index (χ3n) is 5.53. The predicted molar refractivity (Wildman–Crippen MR) is 67.5 cm³/mol. The molecule has 100 valence electrons. The summed E-state index contributed by atoms with van der Waals surface area (Å²) < 4.78 is 5.37. The number of aliphatic hydroxyl groups is 1. The van der Waals surface area contributed by atoms with Gasteiger partial charge in [-0.05, 0) is 43.9 Å². The van der Waals surface area contributed by atoms with E-state index in [1.807, 2.05) is 13.8 Å². The molecule has 0 aromatic carbocycles. The number of carbonyl (C=O) groups excluding carboxylic acids is 1. The molecule has 2 fully saturated rings. The Bertz CT molecular complexity index is 449. The Hall–Kier alpha value is -0.830. The molecule has 2 saturated carbocycles. The van der Waals surface area contributed by atoms with Crippen molar-refractivity contribution in [1.82, 2.24) is 0 Å². The van der Waals surface area contributed by atoms with Gasteiger partial charge in [0.1, 0.15) is 0 Å². The average Bonchev–Trinajstić information content (AvgIpc) is 2.70. The Kier molecular flexibility index (Phi) is 2.30. The molecule has 3 rings (SSSR count). The first-order valence-electron chi connectivity index (χ1n) is 6.95. The first-order chi connectivity index (χ1) is 8.28. The highest BCUT2D eigenvalue weighted by Gasteiger charge is 2.63. The minimum absolute atomic E-state index is 0.333. The van der Waals surface area contributed by atoms with Gasteiger partial charge in [0.2, 0.25) is 5.79 Å². The molecule has 0 radical (unpaired) electrons. The molecule has 0 aromatic heterocycles. The molecule has 3 nitrogen and oxygen atoms in total. The van der Waals surface area contributed by atoms with E-state index in [4.69, 9.17) is 4.74 Å². The van der Waals surface area contributed by atoms with Crippen LogP contribution in [0.2, 0.25) is 0 Å². The molecule has 1 N–H and O–H groups in total. The van der Waals surface area contributed by atoms with Gasteiger partial charge in [0.15, 0.2) is 0 Å². The van der Waals surface area contributed by atoms with Crippen molar-refractivity contribution in [2.45, 2.75) is 52.7 Å². The molecule has 1 heterocycles. The summed E-state index contributed by atoms with van der Waals surface area (Å²) in [5.74, 6) is -0.0980. The normalized spacial score (nSPS) is 45.8. The van der Waals surface area contributed by atoms with Crippen molar-refractivity contribution in [2.24, 2.45) is 23.2 Å². The lowest BCUT2D eigenvalue weighted by Gasteiger charge is -2.49. The fraction of sp³-hybridized carbons (Fsp3) is 0.800. The van der Waals surface area contributed by atoms with E-state index in [0.29, 0.717) is 23.3 Å². The number of rotatable bonds is 0. The lowest BCUT2D eigenvalue weighted by Crippen LogP contribution is -2.53. The third kappa shape index (κ3) is 1.26. The monoisotopic (exact) mass is 250 g/mol. The number of esters is 1. The molecule has 0 unspecified atom stereocenters. The Balaban J connectivity index is 2.15. The Morgan fingerprint density at radius 3 is 2.67 bits per heavy atom. The van der Waals surface area contributed by atoms with E-state index in [1.54, 1.807) is 6.92 Å². The highest BCUT2D eigenvalue weighted by molar-refractivity contribution is 5.92. The molecule has 3 heteroatoms. The zero-order valence-electron chi connectivity index (χ0n) is 11.6. The maximum Gasteiger partial charge on any atom is 0.336 e. The van der Waals surface area contributed by atoms with Crippen molar-refractivity contribution in [2.75, 3.05) is 0 Å². The maximum absolute atomic E-state index is 11.9. The average molecular weight is 250 g/mol. The van der Waals surface area contributed by atoms with Gasteiger partial charge in [-0.3, -0.25) is 0 Å². The number of fused-ring (bicyclic) bond motifs is 3. The molecule has 18 heavy (non-hydrogen) atoms. The van der Waals surface area contributed by atoms with Crippen molar-refractivity contribution in [3.05, 3.63) is 11.1 Å². The highest BCUT2D eigenvalue weighted by Crippen LogP contribution is 2.61. The zero-order chi connectivity index (χ0) is 13.3. The molecule has 4 atom stereocenters. The van der Waals surface area contributed by atoms with Crippen LogP contribution in [0.15, 0.2) is 11.1 Å². The summed E-state index contributed by atoms with van der Waals surface area (Å²) >= 11 is 0. The van der Waals surface area contributed by atoms with Crippen LogP contribution < -0.4 is 0 Å². The van der Waals surface area contributed by atoms with E-state index in [0.717, 1.165) is 18.4 Å². The molecular weight excluding hydrogens is 228 g/mol. The summed E-state index contributed by atoms with van der Waals surface area (Å²) in [6.07, 6.45) is 3.19. The van der Waals surface area contributed by atoms with Gasteiger partial charge in [0.25, 0.3) is 0 Å². The van der Waals surface area contributed by atoms with E-state index >= 15 is 0 Å². The Morgan fingerprint density at radius 2 is 2.00 bits per heavy atom. The summed E-state index contributed by atoms with van der Waals surface area (Å²) in [5, 5.41) is 10.9. The molecule has 1 aliphatic heterocycles. The van der Waals surface area contributed by atoms with Crippen molar-refractivity contribution >= 4 is 5.97 Å². The van der Waals surface area contributed by atoms with Crippen molar-refractivity contribution < 1.29 is 14.6 Å². The standard InChI is InChI=1S/C15H22O3/c1-8-5-6-10-11(8)7-14(3,4)15(17)12(10)9(2)13(16)18-15/h8,10-11,17H,5-7H2,1-4H3/t8-,10-,11-,15-/m0/s1. The Labute approximate surface area is 108 Å². The summed E-state index contributed by atoms with van der Waals surface area (Å²) in [5.41, 5.74) is 1.14. The van der Waals surface area contributed by atoms with Crippen molar-refractivity contribution in [3.8, 4) is 0 Å². The van der Waals surface area contributed by atoms with Crippen LogP contribution >= 0.6 is 0 Å². The minimum Gasteiger partial charge on any atom is -0.425 e.